The van der Waals surface area contributed by atoms with Crippen LogP contribution in [0.2, 0.25) is 0 Å². The molecule has 0 spiro atoms. The van der Waals surface area contributed by atoms with E-state index in [2.05, 4.69) is 20.5 Å². The van der Waals surface area contributed by atoms with Gasteiger partial charge in [0, 0.05) is 23.6 Å². The summed E-state index contributed by atoms with van der Waals surface area (Å²) in [4.78, 5) is 15.6. The van der Waals surface area contributed by atoms with Gasteiger partial charge in [0.25, 0.3) is 0 Å². The molecule has 1 N–H and O–H groups in total. The lowest BCUT2D eigenvalue weighted by molar-refractivity contribution is 0.253. The van der Waals surface area contributed by atoms with E-state index in [1.807, 2.05) is 0 Å². The van der Waals surface area contributed by atoms with Crippen molar-refractivity contribution in [2.75, 3.05) is 5.32 Å². The summed E-state index contributed by atoms with van der Waals surface area (Å²) in [6.07, 6.45) is 5.81. The van der Waals surface area contributed by atoms with Crippen molar-refractivity contribution in [3.8, 4) is 11.5 Å². The van der Waals surface area contributed by atoms with Crippen molar-refractivity contribution in [2.24, 2.45) is 0 Å². The number of amides is 1. The fraction of sp³-hybridized carbons (Fsp3) is 0. The van der Waals surface area contributed by atoms with Crippen LogP contribution in [0.4, 0.5) is 10.5 Å². The number of anilines is 1. The zero-order valence-electron chi connectivity index (χ0n) is 9.72. The van der Waals surface area contributed by atoms with E-state index in [9.17, 15) is 4.79 Å². The maximum atomic E-state index is 11.8. The molecule has 7 heteroatoms. The van der Waals surface area contributed by atoms with E-state index >= 15 is 0 Å². The number of aromatic nitrogens is 4. The molecule has 94 valence electrons. The summed E-state index contributed by atoms with van der Waals surface area (Å²) in [6.45, 7) is 0. The second kappa shape index (κ2) is 4.73. The van der Waals surface area contributed by atoms with Gasteiger partial charge in [-0.1, -0.05) is 0 Å². The molecule has 0 fully saturated rings. The number of rotatable bonds is 2. The highest BCUT2D eigenvalue weighted by molar-refractivity contribution is 5.91. The van der Waals surface area contributed by atoms with E-state index in [1.165, 1.54) is 23.5 Å². The molecular weight excluding hydrogens is 246 g/mol. The van der Waals surface area contributed by atoms with E-state index in [0.29, 0.717) is 11.6 Å². The van der Waals surface area contributed by atoms with Crippen LogP contribution in [0, 0.1) is 0 Å². The van der Waals surface area contributed by atoms with Crippen molar-refractivity contribution < 1.29 is 9.21 Å². The Bertz CT molecular complexity index is 659. The summed E-state index contributed by atoms with van der Waals surface area (Å²) in [7, 11) is 0. The van der Waals surface area contributed by atoms with Gasteiger partial charge in [0.15, 0.2) is 0 Å². The number of carbonyl (C=O) groups is 1. The fourth-order valence-corrected chi connectivity index (χ4v) is 1.56. The Labute approximate surface area is 107 Å². The molecule has 2 heterocycles. The van der Waals surface area contributed by atoms with Gasteiger partial charge in [0.1, 0.15) is 6.33 Å². The van der Waals surface area contributed by atoms with Gasteiger partial charge in [0.05, 0.1) is 0 Å². The standard InChI is InChI=1S/C12H9N5O2/c18-12(17-6-5-13-7-17)15-10-3-1-9(2-4-10)11-16-14-8-19-11/h1-8H,(H,15,18). The largest absolute Gasteiger partial charge is 0.423 e. The Kier molecular flexibility index (Phi) is 2.77. The van der Waals surface area contributed by atoms with Crippen molar-refractivity contribution in [3.63, 3.8) is 0 Å². The molecule has 0 saturated carbocycles. The normalized spacial score (nSPS) is 10.3. The predicted octanol–water partition coefficient (Wildman–Crippen LogP) is 2.01. The Hall–Kier alpha value is -2.96. The van der Waals surface area contributed by atoms with Gasteiger partial charge < -0.3 is 9.73 Å². The molecule has 1 amide bonds. The first-order chi connectivity index (χ1) is 9.33. The maximum absolute atomic E-state index is 11.8. The average Bonchev–Trinajstić information content (AvgIpc) is 3.13. The fourth-order valence-electron chi connectivity index (χ4n) is 1.56. The Morgan fingerprint density at radius 3 is 2.74 bits per heavy atom. The van der Waals surface area contributed by atoms with E-state index in [0.717, 1.165) is 5.56 Å². The van der Waals surface area contributed by atoms with Crippen LogP contribution in [-0.2, 0) is 0 Å². The molecule has 0 bridgehead atoms. The summed E-state index contributed by atoms with van der Waals surface area (Å²) >= 11 is 0. The molecule has 3 aromatic rings. The average molecular weight is 255 g/mol. The molecule has 3 rings (SSSR count). The molecule has 0 aliphatic rings. The molecule has 2 aromatic heterocycles. The second-order valence-corrected chi connectivity index (χ2v) is 3.72. The van der Waals surface area contributed by atoms with Crippen molar-refractivity contribution in [1.82, 2.24) is 19.7 Å². The van der Waals surface area contributed by atoms with Crippen LogP contribution in [0.25, 0.3) is 11.5 Å². The maximum Gasteiger partial charge on any atom is 0.331 e. The predicted molar refractivity (Wildman–Crippen MR) is 66.4 cm³/mol. The molecule has 0 radical (unpaired) electrons. The molecule has 0 aliphatic heterocycles. The Morgan fingerprint density at radius 1 is 1.26 bits per heavy atom. The summed E-state index contributed by atoms with van der Waals surface area (Å²) < 4.78 is 6.43. The quantitative estimate of drug-likeness (QED) is 0.757. The first-order valence-electron chi connectivity index (χ1n) is 5.49. The summed E-state index contributed by atoms with van der Waals surface area (Å²) in [6, 6.07) is 6.82. The Morgan fingerprint density at radius 2 is 2.11 bits per heavy atom. The highest BCUT2D eigenvalue weighted by Crippen LogP contribution is 2.18. The van der Waals surface area contributed by atoms with Crippen LogP contribution < -0.4 is 5.32 Å². The number of hydrogen-bond donors (Lipinski definition) is 1. The molecule has 0 unspecified atom stereocenters. The van der Waals surface area contributed by atoms with Crippen LogP contribution in [0.3, 0.4) is 0 Å². The van der Waals surface area contributed by atoms with E-state index in [-0.39, 0.29) is 6.03 Å². The SMILES string of the molecule is O=C(Nc1ccc(-c2nnco2)cc1)n1ccnc1. The highest BCUT2D eigenvalue weighted by Gasteiger charge is 2.06. The zero-order valence-corrected chi connectivity index (χ0v) is 9.72. The molecule has 7 nitrogen and oxygen atoms in total. The number of imidazole rings is 1. The molecular formula is C12H9N5O2. The Balaban J connectivity index is 1.75. The van der Waals surface area contributed by atoms with E-state index < -0.39 is 0 Å². The van der Waals surface area contributed by atoms with Crippen molar-refractivity contribution in [2.45, 2.75) is 0 Å². The van der Waals surface area contributed by atoms with Crippen molar-refractivity contribution in [3.05, 3.63) is 49.4 Å². The minimum absolute atomic E-state index is 0.275. The van der Waals surface area contributed by atoms with Crippen molar-refractivity contribution in [1.29, 1.82) is 0 Å². The van der Waals surface area contributed by atoms with Gasteiger partial charge >= 0.3 is 6.03 Å². The van der Waals surface area contributed by atoms with E-state index in [1.54, 1.807) is 30.5 Å². The van der Waals surface area contributed by atoms with Gasteiger partial charge in [-0.05, 0) is 24.3 Å². The highest BCUT2D eigenvalue weighted by atomic mass is 16.4. The van der Waals surface area contributed by atoms with Crippen LogP contribution in [-0.4, -0.2) is 25.8 Å². The summed E-state index contributed by atoms with van der Waals surface area (Å²) in [5.41, 5.74) is 1.46. The zero-order chi connectivity index (χ0) is 13.1. The smallest absolute Gasteiger partial charge is 0.331 e. The summed E-state index contributed by atoms with van der Waals surface area (Å²) in [5, 5.41) is 10.1. The number of nitrogens with one attached hydrogen (secondary N) is 1. The summed E-state index contributed by atoms with van der Waals surface area (Å²) in [5.74, 6) is 0.437. The molecule has 0 saturated heterocycles. The number of nitrogens with zero attached hydrogens (tertiary/aromatic N) is 4. The van der Waals surface area contributed by atoms with Gasteiger partial charge in [-0.15, -0.1) is 10.2 Å². The van der Waals surface area contributed by atoms with Gasteiger partial charge in [0.2, 0.25) is 12.3 Å². The molecule has 1 aromatic carbocycles. The van der Waals surface area contributed by atoms with Gasteiger partial charge in [-0.3, -0.25) is 4.57 Å². The minimum atomic E-state index is -0.275. The third-order valence-electron chi connectivity index (χ3n) is 2.48. The molecule has 0 atom stereocenters. The van der Waals surface area contributed by atoms with Crippen molar-refractivity contribution >= 4 is 11.7 Å². The topological polar surface area (TPSA) is 85.8 Å². The molecule has 19 heavy (non-hydrogen) atoms. The van der Waals surface area contributed by atoms with Crippen LogP contribution in [0.1, 0.15) is 0 Å². The number of hydrogen-bond acceptors (Lipinski definition) is 5. The van der Waals surface area contributed by atoms with Crippen LogP contribution in [0.15, 0.2) is 53.8 Å². The lowest BCUT2D eigenvalue weighted by Gasteiger charge is -2.05. The minimum Gasteiger partial charge on any atom is -0.423 e. The van der Waals surface area contributed by atoms with Gasteiger partial charge in [-0.2, -0.15) is 0 Å². The monoisotopic (exact) mass is 255 g/mol. The third kappa shape index (κ3) is 2.34. The van der Waals surface area contributed by atoms with Crippen LogP contribution in [0.5, 0.6) is 0 Å². The lowest BCUT2D eigenvalue weighted by Crippen LogP contribution is -2.17. The van der Waals surface area contributed by atoms with Gasteiger partial charge in [-0.25, -0.2) is 9.78 Å². The van der Waals surface area contributed by atoms with E-state index in [4.69, 9.17) is 4.42 Å². The number of carbonyl (C=O) groups excluding carboxylic acids is 1. The van der Waals surface area contributed by atoms with Crippen LogP contribution >= 0.6 is 0 Å². The first kappa shape index (κ1) is 11.1. The first-order valence-corrected chi connectivity index (χ1v) is 5.49. The third-order valence-corrected chi connectivity index (χ3v) is 2.48. The number of benzene rings is 1. The lowest BCUT2D eigenvalue weighted by atomic mass is 10.2. The molecule has 0 aliphatic carbocycles. The second-order valence-electron chi connectivity index (χ2n) is 3.72.